The predicted octanol–water partition coefficient (Wildman–Crippen LogP) is 4.41. The zero-order valence-electron chi connectivity index (χ0n) is 19.9. The van der Waals surface area contributed by atoms with Crippen molar-refractivity contribution in [3.8, 4) is 11.1 Å². The number of carboxylic acids is 1. The zero-order chi connectivity index (χ0) is 24.5. The minimum Gasteiger partial charge on any atom is -0.480 e. The maximum atomic E-state index is 12.8. The molecule has 2 aromatic rings. The summed E-state index contributed by atoms with van der Waals surface area (Å²) >= 11 is 0. The molecule has 2 N–H and O–H groups in total. The first-order valence-electron chi connectivity index (χ1n) is 11.9. The summed E-state index contributed by atoms with van der Waals surface area (Å²) in [6, 6.07) is 15.0. The van der Waals surface area contributed by atoms with Gasteiger partial charge in [-0.1, -0.05) is 75.7 Å². The van der Waals surface area contributed by atoms with Gasteiger partial charge in [0.2, 0.25) is 5.91 Å². The third-order valence-corrected chi connectivity index (χ3v) is 6.91. The largest absolute Gasteiger partial charge is 0.480 e. The number of alkyl carbamates (subject to hydrolysis) is 1. The summed E-state index contributed by atoms with van der Waals surface area (Å²) in [4.78, 5) is 38.5. The van der Waals surface area contributed by atoms with Gasteiger partial charge in [0.15, 0.2) is 0 Å². The number of nitrogens with zero attached hydrogens (tertiary/aromatic N) is 1. The molecule has 34 heavy (non-hydrogen) atoms. The highest BCUT2D eigenvalue weighted by atomic mass is 16.5. The van der Waals surface area contributed by atoms with Gasteiger partial charge in [0.05, 0.1) is 0 Å². The van der Waals surface area contributed by atoms with E-state index in [-0.39, 0.29) is 24.9 Å². The van der Waals surface area contributed by atoms with Crippen LogP contribution in [-0.2, 0) is 14.3 Å². The number of hydrogen-bond acceptors (Lipinski definition) is 4. The van der Waals surface area contributed by atoms with Crippen molar-refractivity contribution < 1.29 is 24.2 Å². The van der Waals surface area contributed by atoms with Gasteiger partial charge in [-0.25, -0.2) is 9.59 Å². The van der Waals surface area contributed by atoms with Crippen LogP contribution < -0.4 is 5.32 Å². The number of likely N-dealkylation sites (tertiary alicyclic amines) is 1. The molecule has 0 spiro atoms. The van der Waals surface area contributed by atoms with E-state index < -0.39 is 29.6 Å². The lowest BCUT2D eigenvalue weighted by molar-refractivity contribution is -0.172. The molecular weight excluding hydrogens is 432 g/mol. The van der Waals surface area contributed by atoms with Gasteiger partial charge < -0.3 is 20.1 Å². The van der Waals surface area contributed by atoms with Gasteiger partial charge in [-0.3, -0.25) is 4.79 Å². The number of carbonyl (C=O) groups is 3. The molecule has 2 amide bonds. The summed E-state index contributed by atoms with van der Waals surface area (Å²) in [7, 11) is 0. The topological polar surface area (TPSA) is 95.9 Å². The number of ether oxygens (including phenoxy) is 1. The third kappa shape index (κ3) is 4.52. The maximum Gasteiger partial charge on any atom is 0.407 e. The number of hydrogen-bond donors (Lipinski definition) is 2. The van der Waals surface area contributed by atoms with Gasteiger partial charge >= 0.3 is 12.1 Å². The fourth-order valence-electron chi connectivity index (χ4n) is 5.33. The lowest BCUT2D eigenvalue weighted by Gasteiger charge is -2.52. The fourth-order valence-corrected chi connectivity index (χ4v) is 5.33. The molecule has 1 fully saturated rings. The van der Waals surface area contributed by atoms with E-state index in [2.05, 4.69) is 29.6 Å². The van der Waals surface area contributed by atoms with Crippen molar-refractivity contribution in [1.29, 1.82) is 0 Å². The third-order valence-electron chi connectivity index (χ3n) is 6.91. The molecule has 1 unspecified atom stereocenters. The molecule has 7 heteroatoms. The van der Waals surface area contributed by atoms with Gasteiger partial charge in [-0.15, -0.1) is 0 Å². The van der Waals surface area contributed by atoms with Crippen LogP contribution in [0, 0.1) is 5.41 Å². The second-order valence-electron chi connectivity index (χ2n) is 9.91. The Labute approximate surface area is 200 Å². The SMILES string of the molecule is CCC[C@@H](CC(=O)N1CC(C)(C)C1C(=O)O)NC(=O)OCC1c2ccccc2-c2ccccc21. The number of benzene rings is 2. The quantitative estimate of drug-likeness (QED) is 0.604. The molecule has 7 nitrogen and oxygen atoms in total. The Morgan fingerprint density at radius 2 is 1.68 bits per heavy atom. The molecular formula is C27H32N2O5. The lowest BCUT2D eigenvalue weighted by Crippen LogP contribution is -2.67. The minimum atomic E-state index is -0.999. The van der Waals surface area contributed by atoms with E-state index in [0.717, 1.165) is 28.7 Å². The van der Waals surface area contributed by atoms with Crippen LogP contribution in [-0.4, -0.2) is 53.2 Å². The number of carboxylic acid groups (broad SMARTS) is 1. The normalized spacial score (nSPS) is 18.9. The second-order valence-corrected chi connectivity index (χ2v) is 9.91. The summed E-state index contributed by atoms with van der Waals surface area (Å²) in [5.74, 6) is -1.30. The van der Waals surface area contributed by atoms with Crippen LogP contribution >= 0.6 is 0 Å². The van der Waals surface area contributed by atoms with Gasteiger partial charge in [0.1, 0.15) is 12.6 Å². The Balaban J connectivity index is 1.37. The summed E-state index contributed by atoms with van der Waals surface area (Å²) in [5.41, 5.74) is 4.13. The molecule has 0 bridgehead atoms. The van der Waals surface area contributed by atoms with Crippen LogP contribution in [0.2, 0.25) is 0 Å². The first kappa shape index (κ1) is 23.8. The van der Waals surface area contributed by atoms with E-state index in [1.807, 2.05) is 45.0 Å². The smallest absolute Gasteiger partial charge is 0.407 e. The standard InChI is InChI=1S/C27H32N2O5/c1-4-9-17(14-23(30)29-16-27(2,3)24(29)25(31)32)28-26(33)34-15-22-20-12-7-5-10-18(20)19-11-6-8-13-21(19)22/h5-8,10-13,17,22,24H,4,9,14-16H2,1-3H3,(H,28,33)(H,31,32)/t17-,24?/m0/s1. The Morgan fingerprint density at radius 1 is 1.09 bits per heavy atom. The summed E-state index contributed by atoms with van der Waals surface area (Å²) in [6.45, 7) is 6.26. The van der Waals surface area contributed by atoms with Crippen LogP contribution in [0.3, 0.4) is 0 Å². The molecule has 1 aliphatic heterocycles. The molecule has 1 heterocycles. The maximum absolute atomic E-state index is 12.8. The van der Waals surface area contributed by atoms with Crippen LogP contribution in [0.4, 0.5) is 4.79 Å². The zero-order valence-corrected chi connectivity index (χ0v) is 19.9. The second kappa shape index (κ2) is 9.49. The Kier molecular flexibility index (Phi) is 6.64. The van der Waals surface area contributed by atoms with Crippen LogP contribution in [0.15, 0.2) is 48.5 Å². The highest BCUT2D eigenvalue weighted by Gasteiger charge is 2.52. The number of fused-ring (bicyclic) bond motifs is 3. The average molecular weight is 465 g/mol. The number of aliphatic carboxylic acids is 1. The molecule has 0 saturated carbocycles. The van der Waals surface area contributed by atoms with Gasteiger partial charge in [-0.05, 0) is 28.7 Å². The summed E-state index contributed by atoms with van der Waals surface area (Å²) in [6.07, 6.45) is 0.866. The molecule has 2 aliphatic rings. The minimum absolute atomic E-state index is 0.0379. The van der Waals surface area contributed by atoms with Crippen molar-refractivity contribution in [2.75, 3.05) is 13.2 Å². The van der Waals surface area contributed by atoms with E-state index in [9.17, 15) is 19.5 Å². The fraction of sp³-hybridized carbons (Fsp3) is 0.444. The number of amides is 2. The Hall–Kier alpha value is -3.35. The van der Waals surface area contributed by atoms with Crippen molar-refractivity contribution >= 4 is 18.0 Å². The monoisotopic (exact) mass is 464 g/mol. The van der Waals surface area contributed by atoms with Gasteiger partial charge in [-0.2, -0.15) is 0 Å². The summed E-state index contributed by atoms with van der Waals surface area (Å²) in [5, 5.41) is 12.3. The van der Waals surface area contributed by atoms with Crippen molar-refractivity contribution in [2.24, 2.45) is 5.41 Å². The lowest BCUT2D eigenvalue weighted by atomic mass is 9.74. The molecule has 180 valence electrons. The predicted molar refractivity (Wildman–Crippen MR) is 128 cm³/mol. The van der Waals surface area contributed by atoms with Gasteiger partial charge in [0, 0.05) is 30.3 Å². The molecule has 0 radical (unpaired) electrons. The van der Waals surface area contributed by atoms with Crippen LogP contribution in [0.5, 0.6) is 0 Å². The Morgan fingerprint density at radius 3 is 2.21 bits per heavy atom. The van der Waals surface area contributed by atoms with E-state index in [1.54, 1.807) is 0 Å². The van der Waals surface area contributed by atoms with E-state index in [4.69, 9.17) is 4.74 Å². The number of carbonyl (C=O) groups excluding carboxylic acids is 2. The first-order chi connectivity index (χ1) is 16.2. The Bertz CT molecular complexity index is 1050. The van der Waals surface area contributed by atoms with Crippen molar-refractivity contribution in [1.82, 2.24) is 10.2 Å². The first-order valence-corrected chi connectivity index (χ1v) is 11.9. The van der Waals surface area contributed by atoms with Crippen molar-refractivity contribution in [3.63, 3.8) is 0 Å². The molecule has 2 aromatic carbocycles. The molecule has 1 saturated heterocycles. The molecule has 2 atom stereocenters. The molecule has 1 aliphatic carbocycles. The van der Waals surface area contributed by atoms with E-state index in [1.165, 1.54) is 4.90 Å². The van der Waals surface area contributed by atoms with Gasteiger partial charge in [0.25, 0.3) is 0 Å². The highest BCUT2D eigenvalue weighted by molar-refractivity contribution is 5.87. The van der Waals surface area contributed by atoms with E-state index in [0.29, 0.717) is 13.0 Å². The van der Waals surface area contributed by atoms with Crippen LogP contribution in [0.1, 0.15) is 57.1 Å². The summed E-state index contributed by atoms with van der Waals surface area (Å²) < 4.78 is 5.62. The average Bonchev–Trinajstić information content (AvgIpc) is 3.09. The van der Waals surface area contributed by atoms with Crippen LogP contribution in [0.25, 0.3) is 11.1 Å². The van der Waals surface area contributed by atoms with E-state index >= 15 is 0 Å². The molecule has 4 rings (SSSR count). The highest BCUT2D eigenvalue weighted by Crippen LogP contribution is 2.44. The number of nitrogens with one attached hydrogen (secondary N) is 1. The van der Waals surface area contributed by atoms with Crippen molar-refractivity contribution in [3.05, 3.63) is 59.7 Å². The van der Waals surface area contributed by atoms with Crippen molar-refractivity contribution in [2.45, 2.75) is 58.0 Å². The number of rotatable bonds is 8. The molecule has 0 aromatic heterocycles.